The molecule has 0 aliphatic rings. The van der Waals surface area contributed by atoms with Crippen molar-refractivity contribution in [2.45, 2.75) is 45.2 Å². The van der Waals surface area contributed by atoms with E-state index < -0.39 is 0 Å². The summed E-state index contributed by atoms with van der Waals surface area (Å²) in [7, 11) is 0. The second kappa shape index (κ2) is 7.56. The number of hydrogen-bond acceptors (Lipinski definition) is 2. The minimum atomic E-state index is -0.0520. The Balaban J connectivity index is 2.10. The first-order chi connectivity index (χ1) is 10.0. The third-order valence-electron chi connectivity index (χ3n) is 3.72. The van der Waals surface area contributed by atoms with Crippen LogP contribution in [0.25, 0.3) is 0 Å². The van der Waals surface area contributed by atoms with Crippen LogP contribution in [-0.4, -0.2) is 9.78 Å². The molecule has 1 aromatic heterocycles. The summed E-state index contributed by atoms with van der Waals surface area (Å²) in [6, 6.07) is 8.64. The number of rotatable bonds is 6. The third kappa shape index (κ3) is 4.41. The second-order valence-electron chi connectivity index (χ2n) is 5.27. The molecule has 0 bridgehead atoms. The maximum absolute atomic E-state index is 6.32. The molecule has 114 valence electrons. The van der Waals surface area contributed by atoms with Gasteiger partial charge in [-0.1, -0.05) is 45.7 Å². The summed E-state index contributed by atoms with van der Waals surface area (Å²) in [6.45, 7) is 4.39. The van der Waals surface area contributed by atoms with Gasteiger partial charge in [-0.25, -0.2) is 0 Å². The summed E-state index contributed by atoms with van der Waals surface area (Å²) < 4.78 is 4.13. The summed E-state index contributed by atoms with van der Waals surface area (Å²) in [5.41, 5.74) is 8.48. The lowest BCUT2D eigenvalue weighted by molar-refractivity contribution is 0.424. The van der Waals surface area contributed by atoms with Crippen molar-refractivity contribution in [1.29, 1.82) is 0 Å². The van der Waals surface area contributed by atoms with Crippen LogP contribution >= 0.6 is 31.9 Å². The lowest BCUT2D eigenvalue weighted by Gasteiger charge is -2.14. The Kier molecular flexibility index (Phi) is 6.02. The fourth-order valence-electron chi connectivity index (χ4n) is 2.48. The van der Waals surface area contributed by atoms with Crippen molar-refractivity contribution in [2.24, 2.45) is 5.73 Å². The maximum Gasteiger partial charge on any atom is 0.0643 e. The van der Waals surface area contributed by atoms with E-state index in [-0.39, 0.29) is 6.04 Å². The van der Waals surface area contributed by atoms with Crippen LogP contribution in [-0.2, 0) is 6.42 Å². The van der Waals surface area contributed by atoms with Gasteiger partial charge in [0, 0.05) is 27.6 Å². The summed E-state index contributed by atoms with van der Waals surface area (Å²) >= 11 is 7.01. The quantitative estimate of drug-likeness (QED) is 0.721. The van der Waals surface area contributed by atoms with Crippen LogP contribution in [0.15, 0.2) is 39.4 Å². The Labute approximate surface area is 143 Å². The zero-order valence-electron chi connectivity index (χ0n) is 12.4. The van der Waals surface area contributed by atoms with Crippen molar-refractivity contribution >= 4 is 31.9 Å². The SMILES string of the molecule is CCC(CC)n1ccc(CC(N)c2cc(Br)cc(Br)c2)n1. The van der Waals surface area contributed by atoms with Crippen molar-refractivity contribution in [3.05, 3.63) is 50.7 Å². The number of nitrogens with zero attached hydrogens (tertiary/aromatic N) is 2. The second-order valence-corrected chi connectivity index (χ2v) is 7.10. The van der Waals surface area contributed by atoms with Gasteiger partial charge in [0.25, 0.3) is 0 Å². The van der Waals surface area contributed by atoms with Crippen LogP contribution in [0.1, 0.15) is 50.0 Å². The molecule has 0 aliphatic carbocycles. The van der Waals surface area contributed by atoms with Crippen molar-refractivity contribution in [3.63, 3.8) is 0 Å². The number of nitrogens with two attached hydrogens (primary N) is 1. The Morgan fingerprint density at radius 3 is 2.33 bits per heavy atom. The van der Waals surface area contributed by atoms with Crippen molar-refractivity contribution < 1.29 is 0 Å². The zero-order valence-corrected chi connectivity index (χ0v) is 15.6. The molecule has 1 heterocycles. The van der Waals surface area contributed by atoms with Gasteiger partial charge >= 0.3 is 0 Å². The van der Waals surface area contributed by atoms with Gasteiger partial charge in [0.2, 0.25) is 0 Å². The van der Waals surface area contributed by atoms with E-state index in [9.17, 15) is 0 Å². The highest BCUT2D eigenvalue weighted by Gasteiger charge is 2.13. The molecule has 0 amide bonds. The van der Waals surface area contributed by atoms with Gasteiger partial charge in [0.15, 0.2) is 0 Å². The molecule has 0 aliphatic heterocycles. The number of halogens is 2. The van der Waals surface area contributed by atoms with Crippen LogP contribution in [0.2, 0.25) is 0 Å². The molecule has 1 aromatic carbocycles. The first kappa shape index (κ1) is 16.7. The topological polar surface area (TPSA) is 43.8 Å². The van der Waals surface area contributed by atoms with Crippen molar-refractivity contribution in [1.82, 2.24) is 9.78 Å². The molecule has 0 saturated carbocycles. The van der Waals surface area contributed by atoms with Crippen LogP contribution in [0.4, 0.5) is 0 Å². The molecule has 0 radical (unpaired) electrons. The van der Waals surface area contributed by atoms with Crippen molar-refractivity contribution in [2.75, 3.05) is 0 Å². The van der Waals surface area contributed by atoms with Gasteiger partial charge in [-0.05, 0) is 42.7 Å². The summed E-state index contributed by atoms with van der Waals surface area (Å²) in [5.74, 6) is 0. The van der Waals surface area contributed by atoms with E-state index in [1.54, 1.807) is 0 Å². The molecule has 0 fully saturated rings. The standard InChI is InChI=1S/C16H21Br2N3/c1-3-15(4-2)21-6-5-14(20-21)10-16(19)11-7-12(17)9-13(18)8-11/h5-9,15-16H,3-4,10,19H2,1-2H3. The lowest BCUT2D eigenvalue weighted by Crippen LogP contribution is -2.14. The third-order valence-corrected chi connectivity index (χ3v) is 4.64. The van der Waals surface area contributed by atoms with E-state index in [1.165, 1.54) is 0 Å². The molecule has 21 heavy (non-hydrogen) atoms. The van der Waals surface area contributed by atoms with E-state index in [0.29, 0.717) is 6.04 Å². The summed E-state index contributed by atoms with van der Waals surface area (Å²) in [4.78, 5) is 0. The van der Waals surface area contributed by atoms with Crippen LogP contribution < -0.4 is 5.73 Å². The van der Waals surface area contributed by atoms with Gasteiger partial charge in [-0.15, -0.1) is 0 Å². The first-order valence-electron chi connectivity index (χ1n) is 7.29. The molecule has 5 heteroatoms. The van der Waals surface area contributed by atoms with Gasteiger partial charge in [0.1, 0.15) is 0 Å². The number of benzene rings is 1. The van der Waals surface area contributed by atoms with Gasteiger partial charge in [-0.2, -0.15) is 5.10 Å². The molecular weight excluding hydrogens is 394 g/mol. The molecular formula is C16H21Br2N3. The van der Waals surface area contributed by atoms with Crippen LogP contribution in [0.5, 0.6) is 0 Å². The van der Waals surface area contributed by atoms with E-state index in [2.05, 4.69) is 79.9 Å². The summed E-state index contributed by atoms with van der Waals surface area (Å²) in [5, 5.41) is 4.68. The smallest absolute Gasteiger partial charge is 0.0643 e. The zero-order chi connectivity index (χ0) is 15.4. The fraction of sp³-hybridized carbons (Fsp3) is 0.438. The molecule has 2 aromatic rings. The normalized spacial score (nSPS) is 12.9. The highest BCUT2D eigenvalue weighted by Crippen LogP contribution is 2.25. The Morgan fingerprint density at radius 1 is 1.14 bits per heavy atom. The van der Waals surface area contributed by atoms with E-state index in [4.69, 9.17) is 5.73 Å². The van der Waals surface area contributed by atoms with Crippen molar-refractivity contribution in [3.8, 4) is 0 Å². The van der Waals surface area contributed by atoms with E-state index in [1.807, 2.05) is 6.07 Å². The minimum absolute atomic E-state index is 0.0520. The molecule has 0 saturated heterocycles. The number of aromatic nitrogens is 2. The predicted molar refractivity (Wildman–Crippen MR) is 94.3 cm³/mol. The minimum Gasteiger partial charge on any atom is -0.324 e. The predicted octanol–water partition coefficient (Wildman–Crippen LogP) is 5.01. The van der Waals surface area contributed by atoms with Crippen LogP contribution in [0.3, 0.4) is 0 Å². The molecule has 1 atom stereocenters. The first-order valence-corrected chi connectivity index (χ1v) is 8.87. The highest BCUT2D eigenvalue weighted by molar-refractivity contribution is 9.11. The van der Waals surface area contributed by atoms with Crippen LogP contribution in [0, 0.1) is 0 Å². The number of hydrogen-bond donors (Lipinski definition) is 1. The van der Waals surface area contributed by atoms with E-state index >= 15 is 0 Å². The van der Waals surface area contributed by atoms with E-state index in [0.717, 1.165) is 39.5 Å². The molecule has 0 spiro atoms. The molecule has 2 rings (SSSR count). The highest BCUT2D eigenvalue weighted by atomic mass is 79.9. The molecule has 1 unspecified atom stereocenters. The molecule has 2 N–H and O–H groups in total. The Morgan fingerprint density at radius 2 is 1.76 bits per heavy atom. The summed E-state index contributed by atoms with van der Waals surface area (Å²) in [6.07, 6.45) is 5.01. The molecule has 3 nitrogen and oxygen atoms in total. The van der Waals surface area contributed by atoms with Gasteiger partial charge < -0.3 is 5.73 Å². The maximum atomic E-state index is 6.32. The average Bonchev–Trinajstić information content (AvgIpc) is 2.87. The monoisotopic (exact) mass is 413 g/mol. The largest absolute Gasteiger partial charge is 0.324 e. The Bertz CT molecular complexity index is 571. The Hall–Kier alpha value is -0.650. The van der Waals surface area contributed by atoms with Gasteiger partial charge in [-0.3, -0.25) is 4.68 Å². The lowest BCUT2D eigenvalue weighted by atomic mass is 10.0. The fourth-order valence-corrected chi connectivity index (χ4v) is 3.81. The van der Waals surface area contributed by atoms with Gasteiger partial charge in [0.05, 0.1) is 11.7 Å². The average molecular weight is 415 g/mol.